The van der Waals surface area contributed by atoms with Gasteiger partial charge in [-0.25, -0.2) is 0 Å². The smallest absolute Gasteiger partial charge is 0.207 e. The lowest BCUT2D eigenvalue weighted by molar-refractivity contribution is -0.116. The Kier molecular flexibility index (Phi) is 4.46. The minimum absolute atomic E-state index is 0.0211. The van der Waals surface area contributed by atoms with Gasteiger partial charge in [0.25, 0.3) is 0 Å². The number of carbonyl (C=O) groups is 1. The predicted octanol–water partition coefficient (Wildman–Crippen LogP) is 4.72. The monoisotopic (exact) mass is 315 g/mol. The van der Waals surface area contributed by atoms with Crippen LogP contribution in [0.25, 0.3) is 0 Å². The van der Waals surface area contributed by atoms with E-state index in [1.807, 2.05) is 0 Å². The van der Waals surface area contributed by atoms with Crippen molar-refractivity contribution in [2.75, 3.05) is 0 Å². The number of rotatable bonds is 4. The molecule has 0 unspecified atom stereocenters. The van der Waals surface area contributed by atoms with Gasteiger partial charge in [0.05, 0.1) is 0 Å². The fraction of sp³-hybridized carbons (Fsp3) is 0.762. The Bertz CT molecular complexity index is 510. The van der Waals surface area contributed by atoms with E-state index in [0.29, 0.717) is 23.7 Å². The zero-order chi connectivity index (χ0) is 16.8. The van der Waals surface area contributed by atoms with Crippen LogP contribution in [0.5, 0.6) is 0 Å². The maximum Gasteiger partial charge on any atom is 0.207 e. The van der Waals surface area contributed by atoms with Gasteiger partial charge in [-0.3, -0.25) is 4.79 Å². The molecule has 3 aliphatic carbocycles. The van der Waals surface area contributed by atoms with E-state index in [2.05, 4.69) is 39.2 Å². The highest BCUT2D eigenvalue weighted by atomic mass is 16.1. The van der Waals surface area contributed by atoms with Crippen molar-refractivity contribution >= 4 is 6.41 Å². The normalized spacial score (nSPS) is 46.0. The molecule has 0 radical (unpaired) electrons. The topological polar surface area (TPSA) is 29.1 Å². The van der Waals surface area contributed by atoms with E-state index in [1.165, 1.54) is 30.4 Å². The van der Waals surface area contributed by atoms with Crippen molar-refractivity contribution in [3.8, 4) is 0 Å². The molecule has 2 nitrogen and oxygen atoms in total. The first-order valence-corrected chi connectivity index (χ1v) is 9.40. The minimum atomic E-state index is -0.0211. The first-order valence-electron chi connectivity index (χ1n) is 9.40. The van der Waals surface area contributed by atoms with E-state index in [9.17, 15) is 4.79 Å². The average Bonchev–Trinajstić information content (AvgIpc) is 2.45. The number of amides is 1. The van der Waals surface area contributed by atoms with E-state index < -0.39 is 0 Å². The molecular formula is C21H33NO. The third kappa shape index (κ3) is 2.79. The van der Waals surface area contributed by atoms with Crippen molar-refractivity contribution in [2.45, 2.75) is 64.8 Å². The Labute approximate surface area is 141 Å². The van der Waals surface area contributed by atoms with Crippen molar-refractivity contribution < 1.29 is 4.79 Å². The third-order valence-corrected chi connectivity index (χ3v) is 7.35. The zero-order valence-electron chi connectivity index (χ0n) is 15.1. The molecule has 1 amide bonds. The summed E-state index contributed by atoms with van der Waals surface area (Å²) in [6.07, 6.45) is 8.10. The fourth-order valence-electron chi connectivity index (χ4n) is 6.46. The Morgan fingerprint density at radius 2 is 2.17 bits per heavy atom. The van der Waals surface area contributed by atoms with Crippen LogP contribution in [0.2, 0.25) is 0 Å². The van der Waals surface area contributed by atoms with Crippen LogP contribution in [-0.2, 0) is 4.79 Å². The number of allylic oxidation sites excluding steroid dienone is 2. The summed E-state index contributed by atoms with van der Waals surface area (Å²) in [5.74, 6) is 4.25. The van der Waals surface area contributed by atoms with E-state index in [4.69, 9.17) is 0 Å². The Balaban J connectivity index is 1.96. The third-order valence-electron chi connectivity index (χ3n) is 7.35. The van der Waals surface area contributed by atoms with Crippen LogP contribution in [0.1, 0.15) is 59.3 Å². The van der Waals surface area contributed by atoms with Crippen molar-refractivity contribution in [2.24, 2.45) is 35.5 Å². The van der Waals surface area contributed by atoms with Crippen molar-refractivity contribution in [1.82, 2.24) is 5.32 Å². The first-order chi connectivity index (χ1) is 10.9. The molecule has 2 heteroatoms. The molecule has 3 fully saturated rings. The number of hydrogen-bond acceptors (Lipinski definition) is 1. The first kappa shape index (κ1) is 16.8. The molecule has 0 bridgehead atoms. The second-order valence-electron chi connectivity index (χ2n) is 8.92. The van der Waals surface area contributed by atoms with E-state index in [1.54, 1.807) is 0 Å². The molecular weight excluding hydrogens is 282 g/mol. The molecule has 1 N–H and O–H groups in total. The lowest BCUT2D eigenvalue weighted by Gasteiger charge is -2.60. The second-order valence-corrected chi connectivity index (χ2v) is 8.92. The Morgan fingerprint density at radius 3 is 2.83 bits per heavy atom. The molecule has 0 aromatic rings. The van der Waals surface area contributed by atoms with Crippen molar-refractivity contribution in [3.63, 3.8) is 0 Å². The maximum atomic E-state index is 11.2. The molecule has 23 heavy (non-hydrogen) atoms. The lowest BCUT2D eigenvalue weighted by Crippen LogP contribution is -2.61. The summed E-state index contributed by atoms with van der Waals surface area (Å²) in [6, 6.07) is 0. The number of carbonyl (C=O) groups excluding carboxylic acids is 1. The van der Waals surface area contributed by atoms with E-state index in [-0.39, 0.29) is 5.54 Å². The molecule has 0 aromatic carbocycles. The highest BCUT2D eigenvalue weighted by molar-refractivity contribution is 5.48. The highest BCUT2D eigenvalue weighted by Gasteiger charge is 2.56. The molecule has 3 rings (SSSR count). The molecule has 0 aromatic heterocycles. The van der Waals surface area contributed by atoms with Gasteiger partial charge >= 0.3 is 0 Å². The van der Waals surface area contributed by atoms with Crippen LogP contribution >= 0.6 is 0 Å². The van der Waals surface area contributed by atoms with Gasteiger partial charge in [0.15, 0.2) is 0 Å². The van der Waals surface area contributed by atoms with Crippen molar-refractivity contribution in [1.29, 1.82) is 0 Å². The van der Waals surface area contributed by atoms with Gasteiger partial charge in [0.2, 0.25) is 6.41 Å². The van der Waals surface area contributed by atoms with Crippen LogP contribution in [0.15, 0.2) is 24.3 Å². The van der Waals surface area contributed by atoms with Crippen LogP contribution in [-0.4, -0.2) is 11.9 Å². The van der Waals surface area contributed by atoms with Crippen molar-refractivity contribution in [3.05, 3.63) is 24.3 Å². The molecule has 3 saturated carbocycles. The van der Waals surface area contributed by atoms with E-state index >= 15 is 0 Å². The summed E-state index contributed by atoms with van der Waals surface area (Å²) >= 11 is 0. The van der Waals surface area contributed by atoms with Gasteiger partial charge in [-0.15, -0.1) is 6.58 Å². The quantitative estimate of drug-likeness (QED) is 0.590. The molecule has 128 valence electrons. The molecule has 0 heterocycles. The minimum Gasteiger partial charge on any atom is -0.353 e. The Hall–Kier alpha value is -1.05. The molecule has 0 aliphatic heterocycles. The van der Waals surface area contributed by atoms with Gasteiger partial charge in [-0.2, -0.15) is 0 Å². The maximum absolute atomic E-state index is 11.2. The standard InChI is InChI=1S/C21H33NO/c1-13(2)10-16-11-15(4)17-8-9-21(5,22-12-23)18-7-6-14(3)19(16)20(17)18/h12,15-20H,1,3,6-11H2,2,4-5H3,(H,22,23)/t15-,16+,17+,18-,19-,20+,21-/m0/s1. The van der Waals surface area contributed by atoms with Gasteiger partial charge in [-0.05, 0) is 87.9 Å². The lowest BCUT2D eigenvalue weighted by atomic mass is 9.46. The predicted molar refractivity (Wildman–Crippen MR) is 95.9 cm³/mol. The highest BCUT2D eigenvalue weighted by Crippen LogP contribution is 2.60. The van der Waals surface area contributed by atoms with Crippen LogP contribution in [0.3, 0.4) is 0 Å². The fourth-order valence-corrected chi connectivity index (χ4v) is 6.46. The molecule has 7 atom stereocenters. The second kappa shape index (κ2) is 6.11. The van der Waals surface area contributed by atoms with Crippen LogP contribution in [0, 0.1) is 35.5 Å². The molecule has 3 aliphatic rings. The van der Waals surface area contributed by atoms with Crippen LogP contribution in [0.4, 0.5) is 0 Å². The van der Waals surface area contributed by atoms with Crippen LogP contribution < -0.4 is 5.32 Å². The van der Waals surface area contributed by atoms with Gasteiger partial charge in [0, 0.05) is 5.54 Å². The largest absolute Gasteiger partial charge is 0.353 e. The SMILES string of the molecule is C=C(C)C[C@@H]1C[C@H](C)[C@H]2CC[C@](C)(NC=O)[C@H]3CCC(=C)[C@@H]1[C@H]23. The van der Waals surface area contributed by atoms with Gasteiger partial charge in [0.1, 0.15) is 0 Å². The molecule has 0 saturated heterocycles. The summed E-state index contributed by atoms with van der Waals surface area (Å²) in [5.41, 5.74) is 2.76. The summed E-state index contributed by atoms with van der Waals surface area (Å²) in [5, 5.41) is 3.21. The van der Waals surface area contributed by atoms with E-state index in [0.717, 1.165) is 37.5 Å². The molecule has 0 spiro atoms. The zero-order valence-corrected chi connectivity index (χ0v) is 15.1. The summed E-state index contributed by atoms with van der Waals surface area (Å²) in [4.78, 5) is 11.2. The average molecular weight is 316 g/mol. The number of nitrogens with one attached hydrogen (secondary N) is 1. The Morgan fingerprint density at radius 1 is 1.43 bits per heavy atom. The van der Waals surface area contributed by atoms with Gasteiger partial charge in [-0.1, -0.05) is 24.6 Å². The van der Waals surface area contributed by atoms with Gasteiger partial charge < -0.3 is 5.32 Å². The number of hydrogen-bond donors (Lipinski definition) is 1. The summed E-state index contributed by atoms with van der Waals surface area (Å²) in [7, 11) is 0. The summed E-state index contributed by atoms with van der Waals surface area (Å²) in [6.45, 7) is 15.6. The summed E-state index contributed by atoms with van der Waals surface area (Å²) < 4.78 is 0.